The van der Waals surface area contributed by atoms with Gasteiger partial charge in [0.25, 0.3) is 0 Å². The molecule has 0 atom stereocenters. The van der Waals surface area contributed by atoms with E-state index in [-0.39, 0.29) is 12.3 Å². The number of carbonyl (C=O) groups is 1. The molecule has 1 amide bonds. The summed E-state index contributed by atoms with van der Waals surface area (Å²) in [6, 6.07) is 2.19. The van der Waals surface area contributed by atoms with Crippen molar-refractivity contribution in [2.75, 3.05) is 18.4 Å². The van der Waals surface area contributed by atoms with Crippen LogP contribution in [0.4, 0.5) is 19.0 Å². The molecule has 0 saturated heterocycles. The molecule has 0 bridgehead atoms. The average molecular weight is 275 g/mol. The van der Waals surface area contributed by atoms with Gasteiger partial charge >= 0.3 is 6.18 Å². The van der Waals surface area contributed by atoms with E-state index in [2.05, 4.69) is 15.6 Å². The van der Waals surface area contributed by atoms with Crippen LogP contribution in [0.2, 0.25) is 0 Å². The summed E-state index contributed by atoms with van der Waals surface area (Å²) in [5.41, 5.74) is -0.793. The Bertz CT molecular complexity index is 404. The Balaban J connectivity index is 2.36. The third-order valence-corrected chi connectivity index (χ3v) is 2.32. The molecule has 0 aliphatic rings. The van der Waals surface area contributed by atoms with Crippen molar-refractivity contribution in [1.29, 1.82) is 0 Å². The van der Waals surface area contributed by atoms with Gasteiger partial charge in [0.1, 0.15) is 5.82 Å². The summed E-state index contributed by atoms with van der Waals surface area (Å²) in [5.74, 6) is 0.220. The topological polar surface area (TPSA) is 54.0 Å². The largest absolute Gasteiger partial charge is 0.417 e. The van der Waals surface area contributed by atoms with Gasteiger partial charge in [0.15, 0.2) is 0 Å². The van der Waals surface area contributed by atoms with E-state index in [0.29, 0.717) is 18.9 Å². The van der Waals surface area contributed by atoms with Crippen LogP contribution in [0.15, 0.2) is 18.3 Å². The Kier molecular flexibility index (Phi) is 5.59. The van der Waals surface area contributed by atoms with E-state index in [1.807, 2.05) is 6.92 Å². The molecule has 0 unspecified atom stereocenters. The standard InChI is InChI=1S/C12H16F3N3O/c1-2-6-17-11(19)5-7-16-10-4-3-9(8-18-10)12(13,14)15/h3-4,8H,2,5-7H2,1H3,(H,16,18)(H,17,19). The maximum atomic E-state index is 12.3. The molecule has 0 spiro atoms. The molecule has 2 N–H and O–H groups in total. The lowest BCUT2D eigenvalue weighted by Crippen LogP contribution is -2.25. The first-order valence-corrected chi connectivity index (χ1v) is 5.97. The number of rotatable bonds is 6. The maximum Gasteiger partial charge on any atom is 0.417 e. The SMILES string of the molecule is CCCNC(=O)CCNc1ccc(C(F)(F)F)cn1. The number of pyridine rings is 1. The highest BCUT2D eigenvalue weighted by Crippen LogP contribution is 2.28. The zero-order valence-electron chi connectivity index (χ0n) is 10.5. The number of hydrogen-bond donors (Lipinski definition) is 2. The normalized spacial score (nSPS) is 11.2. The van der Waals surface area contributed by atoms with Crippen molar-refractivity contribution in [3.63, 3.8) is 0 Å². The monoisotopic (exact) mass is 275 g/mol. The van der Waals surface area contributed by atoms with E-state index < -0.39 is 11.7 Å². The van der Waals surface area contributed by atoms with Crippen molar-refractivity contribution in [3.05, 3.63) is 23.9 Å². The number of hydrogen-bond acceptors (Lipinski definition) is 3. The fourth-order valence-electron chi connectivity index (χ4n) is 1.32. The first kappa shape index (κ1) is 15.3. The van der Waals surface area contributed by atoms with Crippen molar-refractivity contribution in [2.24, 2.45) is 0 Å². The average Bonchev–Trinajstić information content (AvgIpc) is 2.36. The molecular formula is C12H16F3N3O. The minimum atomic E-state index is -4.38. The molecule has 106 valence electrons. The Morgan fingerprint density at radius 1 is 1.32 bits per heavy atom. The highest BCUT2D eigenvalue weighted by molar-refractivity contribution is 5.76. The minimum absolute atomic E-state index is 0.0961. The predicted octanol–water partition coefficient (Wildman–Crippen LogP) is 2.43. The van der Waals surface area contributed by atoms with Crippen LogP contribution in [0.25, 0.3) is 0 Å². The molecule has 0 aliphatic heterocycles. The van der Waals surface area contributed by atoms with E-state index in [1.54, 1.807) is 0 Å². The number of alkyl halides is 3. The van der Waals surface area contributed by atoms with Gasteiger partial charge in [0, 0.05) is 25.7 Å². The molecule has 19 heavy (non-hydrogen) atoms. The van der Waals surface area contributed by atoms with Crippen LogP contribution < -0.4 is 10.6 Å². The fourth-order valence-corrected chi connectivity index (χ4v) is 1.32. The van der Waals surface area contributed by atoms with Gasteiger partial charge in [-0.05, 0) is 18.6 Å². The summed E-state index contributed by atoms with van der Waals surface area (Å²) in [7, 11) is 0. The third kappa shape index (κ3) is 5.58. The zero-order chi connectivity index (χ0) is 14.3. The van der Waals surface area contributed by atoms with Crippen LogP contribution in [-0.4, -0.2) is 24.0 Å². The quantitative estimate of drug-likeness (QED) is 0.838. The molecule has 0 fully saturated rings. The van der Waals surface area contributed by atoms with Crippen LogP contribution >= 0.6 is 0 Å². The van der Waals surface area contributed by atoms with E-state index >= 15 is 0 Å². The second-order valence-electron chi connectivity index (χ2n) is 3.96. The summed E-state index contributed by atoms with van der Waals surface area (Å²) in [6.45, 7) is 2.90. The number of anilines is 1. The van der Waals surface area contributed by atoms with Gasteiger partial charge in [-0.2, -0.15) is 13.2 Å². The minimum Gasteiger partial charge on any atom is -0.370 e. The number of nitrogens with one attached hydrogen (secondary N) is 2. The molecule has 7 heteroatoms. The van der Waals surface area contributed by atoms with Gasteiger partial charge in [-0.15, -0.1) is 0 Å². The molecule has 1 heterocycles. The van der Waals surface area contributed by atoms with Crippen molar-refractivity contribution in [1.82, 2.24) is 10.3 Å². The lowest BCUT2D eigenvalue weighted by atomic mass is 10.3. The number of amides is 1. The van der Waals surface area contributed by atoms with Crippen molar-refractivity contribution in [3.8, 4) is 0 Å². The maximum absolute atomic E-state index is 12.3. The number of nitrogens with zero attached hydrogens (tertiary/aromatic N) is 1. The lowest BCUT2D eigenvalue weighted by Gasteiger charge is -2.08. The molecule has 0 saturated carbocycles. The van der Waals surface area contributed by atoms with E-state index in [0.717, 1.165) is 18.7 Å². The van der Waals surface area contributed by atoms with Gasteiger partial charge in [0.2, 0.25) is 5.91 Å². The van der Waals surface area contributed by atoms with Crippen LogP contribution in [0.5, 0.6) is 0 Å². The molecule has 0 aliphatic carbocycles. The summed E-state index contributed by atoms with van der Waals surface area (Å²) >= 11 is 0. The molecule has 1 aromatic heterocycles. The summed E-state index contributed by atoms with van der Waals surface area (Å²) in [6.07, 6.45) is -2.51. The van der Waals surface area contributed by atoms with Crippen molar-refractivity contribution >= 4 is 11.7 Å². The van der Waals surface area contributed by atoms with Gasteiger partial charge in [0.05, 0.1) is 5.56 Å². The second kappa shape index (κ2) is 6.96. The lowest BCUT2D eigenvalue weighted by molar-refractivity contribution is -0.137. The Hall–Kier alpha value is -1.79. The molecule has 1 aromatic rings. The summed E-state index contributed by atoms with van der Waals surface area (Å²) < 4.78 is 36.8. The van der Waals surface area contributed by atoms with Crippen molar-refractivity contribution < 1.29 is 18.0 Å². The van der Waals surface area contributed by atoms with Crippen LogP contribution in [0.1, 0.15) is 25.3 Å². The van der Waals surface area contributed by atoms with Gasteiger partial charge in [-0.25, -0.2) is 4.98 Å². The summed E-state index contributed by atoms with van der Waals surface area (Å²) in [5, 5.41) is 5.49. The Morgan fingerprint density at radius 3 is 2.58 bits per heavy atom. The van der Waals surface area contributed by atoms with Gasteiger partial charge < -0.3 is 10.6 Å². The third-order valence-electron chi connectivity index (χ3n) is 2.32. The fraction of sp³-hybridized carbons (Fsp3) is 0.500. The van der Waals surface area contributed by atoms with E-state index in [1.165, 1.54) is 6.07 Å². The van der Waals surface area contributed by atoms with Crippen LogP contribution in [-0.2, 0) is 11.0 Å². The highest BCUT2D eigenvalue weighted by atomic mass is 19.4. The molecule has 0 aromatic carbocycles. The predicted molar refractivity (Wildman–Crippen MR) is 65.6 cm³/mol. The van der Waals surface area contributed by atoms with E-state index in [4.69, 9.17) is 0 Å². The van der Waals surface area contributed by atoms with Crippen LogP contribution in [0.3, 0.4) is 0 Å². The summed E-state index contributed by atoms with van der Waals surface area (Å²) in [4.78, 5) is 14.9. The molecule has 4 nitrogen and oxygen atoms in total. The van der Waals surface area contributed by atoms with Gasteiger partial charge in [-0.1, -0.05) is 6.92 Å². The first-order valence-electron chi connectivity index (χ1n) is 5.97. The number of halogens is 3. The highest BCUT2D eigenvalue weighted by Gasteiger charge is 2.30. The number of carbonyl (C=O) groups excluding carboxylic acids is 1. The van der Waals surface area contributed by atoms with Crippen molar-refractivity contribution in [2.45, 2.75) is 25.9 Å². The molecule has 0 radical (unpaired) electrons. The second-order valence-corrected chi connectivity index (χ2v) is 3.96. The Labute approximate surface area is 109 Å². The zero-order valence-corrected chi connectivity index (χ0v) is 10.5. The van der Waals surface area contributed by atoms with Gasteiger partial charge in [-0.3, -0.25) is 4.79 Å². The number of aromatic nitrogens is 1. The molecular weight excluding hydrogens is 259 g/mol. The Morgan fingerprint density at radius 2 is 2.05 bits per heavy atom. The molecule has 1 rings (SSSR count). The first-order chi connectivity index (χ1) is 8.93. The van der Waals surface area contributed by atoms with E-state index in [9.17, 15) is 18.0 Å². The smallest absolute Gasteiger partial charge is 0.370 e. The van der Waals surface area contributed by atoms with Crippen LogP contribution in [0, 0.1) is 0 Å².